The van der Waals surface area contributed by atoms with Crippen molar-refractivity contribution >= 4 is 17.3 Å². The average molecular weight is 346 g/mol. The van der Waals surface area contributed by atoms with Crippen molar-refractivity contribution in [1.29, 1.82) is 0 Å². The molecule has 0 radical (unpaired) electrons. The summed E-state index contributed by atoms with van der Waals surface area (Å²) in [5, 5.41) is 8.87. The molecule has 0 saturated carbocycles. The van der Waals surface area contributed by atoms with Crippen LogP contribution in [0.5, 0.6) is 5.75 Å². The SMILES string of the molecule is CN=C(NCCc1cccs1)NCCC(C)c1ccc(OC)cc1. The zero-order valence-electron chi connectivity index (χ0n) is 14.7. The fourth-order valence-electron chi connectivity index (χ4n) is 2.49. The lowest BCUT2D eigenvalue weighted by atomic mass is 9.98. The fraction of sp³-hybridized carbons (Fsp3) is 0.421. The van der Waals surface area contributed by atoms with Gasteiger partial charge in [0.05, 0.1) is 7.11 Å². The zero-order valence-corrected chi connectivity index (χ0v) is 15.5. The molecule has 0 aliphatic rings. The summed E-state index contributed by atoms with van der Waals surface area (Å²) in [6.45, 7) is 4.04. The molecule has 24 heavy (non-hydrogen) atoms. The van der Waals surface area contributed by atoms with Crippen molar-refractivity contribution in [3.05, 3.63) is 52.2 Å². The number of nitrogens with zero attached hydrogens (tertiary/aromatic N) is 1. The predicted octanol–water partition coefficient (Wildman–Crippen LogP) is 3.66. The molecule has 4 nitrogen and oxygen atoms in total. The van der Waals surface area contributed by atoms with Gasteiger partial charge in [0.1, 0.15) is 5.75 Å². The number of rotatable bonds is 8. The van der Waals surface area contributed by atoms with Crippen LogP contribution >= 0.6 is 11.3 Å². The van der Waals surface area contributed by atoms with Crippen LogP contribution in [0.25, 0.3) is 0 Å². The van der Waals surface area contributed by atoms with Gasteiger partial charge in [0.2, 0.25) is 0 Å². The highest BCUT2D eigenvalue weighted by Gasteiger charge is 2.06. The van der Waals surface area contributed by atoms with Crippen molar-refractivity contribution in [3.63, 3.8) is 0 Å². The van der Waals surface area contributed by atoms with Gasteiger partial charge in [-0.1, -0.05) is 25.1 Å². The summed E-state index contributed by atoms with van der Waals surface area (Å²) in [6, 6.07) is 12.6. The Morgan fingerprint density at radius 3 is 2.54 bits per heavy atom. The van der Waals surface area contributed by atoms with E-state index in [0.717, 1.165) is 37.6 Å². The summed E-state index contributed by atoms with van der Waals surface area (Å²) in [5.41, 5.74) is 1.33. The van der Waals surface area contributed by atoms with Crippen LogP contribution in [0.1, 0.15) is 29.7 Å². The van der Waals surface area contributed by atoms with E-state index in [-0.39, 0.29) is 0 Å². The maximum atomic E-state index is 5.20. The second kappa shape index (κ2) is 9.98. The summed E-state index contributed by atoms with van der Waals surface area (Å²) in [7, 11) is 3.51. The molecule has 2 N–H and O–H groups in total. The van der Waals surface area contributed by atoms with Gasteiger partial charge >= 0.3 is 0 Å². The van der Waals surface area contributed by atoms with Crippen molar-refractivity contribution in [2.75, 3.05) is 27.2 Å². The number of methoxy groups -OCH3 is 1. The number of hydrogen-bond acceptors (Lipinski definition) is 3. The highest BCUT2D eigenvalue weighted by Crippen LogP contribution is 2.21. The highest BCUT2D eigenvalue weighted by molar-refractivity contribution is 7.09. The number of hydrogen-bond donors (Lipinski definition) is 2. The van der Waals surface area contributed by atoms with E-state index in [2.05, 4.69) is 52.2 Å². The van der Waals surface area contributed by atoms with Gasteiger partial charge in [-0.3, -0.25) is 4.99 Å². The van der Waals surface area contributed by atoms with Crippen LogP contribution < -0.4 is 15.4 Å². The van der Waals surface area contributed by atoms with Crippen molar-refractivity contribution in [2.45, 2.75) is 25.7 Å². The van der Waals surface area contributed by atoms with Crippen LogP contribution in [0.3, 0.4) is 0 Å². The van der Waals surface area contributed by atoms with Crippen LogP contribution in [-0.2, 0) is 6.42 Å². The van der Waals surface area contributed by atoms with Crippen LogP contribution in [0.4, 0.5) is 0 Å². The van der Waals surface area contributed by atoms with Gasteiger partial charge in [-0.15, -0.1) is 11.3 Å². The third-order valence-corrected chi connectivity index (χ3v) is 4.96. The van der Waals surface area contributed by atoms with Crippen LogP contribution in [-0.4, -0.2) is 33.2 Å². The molecule has 0 aliphatic carbocycles. The monoisotopic (exact) mass is 345 g/mol. The van der Waals surface area contributed by atoms with Gasteiger partial charge in [0.15, 0.2) is 5.96 Å². The lowest BCUT2D eigenvalue weighted by Crippen LogP contribution is -2.38. The molecule has 1 unspecified atom stereocenters. The Hall–Kier alpha value is -2.01. The Morgan fingerprint density at radius 2 is 1.92 bits per heavy atom. The minimum Gasteiger partial charge on any atom is -0.497 e. The van der Waals surface area contributed by atoms with Crippen molar-refractivity contribution in [3.8, 4) is 5.75 Å². The van der Waals surface area contributed by atoms with Crippen molar-refractivity contribution in [2.24, 2.45) is 4.99 Å². The summed E-state index contributed by atoms with van der Waals surface area (Å²) in [4.78, 5) is 5.67. The molecule has 1 aromatic heterocycles. The molecule has 2 aromatic rings. The van der Waals surface area contributed by atoms with Gasteiger partial charge in [-0.25, -0.2) is 0 Å². The largest absolute Gasteiger partial charge is 0.497 e. The molecule has 1 aromatic carbocycles. The van der Waals surface area contributed by atoms with Crippen molar-refractivity contribution < 1.29 is 4.74 Å². The Morgan fingerprint density at radius 1 is 1.17 bits per heavy atom. The van der Waals surface area contributed by atoms with Crippen LogP contribution in [0.2, 0.25) is 0 Å². The molecule has 0 saturated heterocycles. The minimum absolute atomic E-state index is 0.493. The molecule has 0 aliphatic heterocycles. The average Bonchev–Trinajstić information content (AvgIpc) is 3.13. The van der Waals surface area contributed by atoms with Gasteiger partial charge in [0.25, 0.3) is 0 Å². The number of aliphatic imine (C=N–C) groups is 1. The Balaban J connectivity index is 1.68. The topological polar surface area (TPSA) is 45.7 Å². The summed E-state index contributed by atoms with van der Waals surface area (Å²) >= 11 is 1.79. The Bertz CT molecular complexity index is 608. The standard InChI is InChI=1S/C19H27N3OS/c1-15(16-6-8-17(23-3)9-7-16)10-12-21-19(20-2)22-13-11-18-5-4-14-24-18/h4-9,14-15H,10-13H2,1-3H3,(H2,20,21,22). The number of benzene rings is 1. The number of guanidine groups is 1. The third-order valence-electron chi connectivity index (χ3n) is 4.02. The molecule has 0 fully saturated rings. The molecule has 1 heterocycles. The number of nitrogens with one attached hydrogen (secondary N) is 2. The molecular formula is C19H27N3OS. The van der Waals surface area contributed by atoms with Gasteiger partial charge < -0.3 is 15.4 Å². The summed E-state index contributed by atoms with van der Waals surface area (Å²) in [5.74, 6) is 2.26. The van der Waals surface area contributed by atoms with Crippen molar-refractivity contribution in [1.82, 2.24) is 10.6 Å². The predicted molar refractivity (Wildman–Crippen MR) is 103 cm³/mol. The van der Waals surface area contributed by atoms with E-state index in [1.165, 1.54) is 10.4 Å². The molecular weight excluding hydrogens is 318 g/mol. The maximum absolute atomic E-state index is 5.20. The summed E-state index contributed by atoms with van der Waals surface area (Å²) < 4.78 is 5.20. The van der Waals surface area contributed by atoms with E-state index in [4.69, 9.17) is 4.74 Å². The second-order valence-electron chi connectivity index (χ2n) is 5.72. The van der Waals surface area contributed by atoms with E-state index in [1.807, 2.05) is 19.2 Å². The maximum Gasteiger partial charge on any atom is 0.190 e. The van der Waals surface area contributed by atoms with Gasteiger partial charge in [0, 0.05) is 25.0 Å². The second-order valence-corrected chi connectivity index (χ2v) is 6.75. The first-order chi connectivity index (χ1) is 11.7. The third kappa shape index (κ3) is 5.89. The van der Waals surface area contributed by atoms with E-state index in [1.54, 1.807) is 18.4 Å². The van der Waals surface area contributed by atoms with Gasteiger partial charge in [-0.05, 0) is 47.9 Å². The minimum atomic E-state index is 0.493. The molecule has 0 bridgehead atoms. The molecule has 0 spiro atoms. The number of ether oxygens (including phenoxy) is 1. The highest BCUT2D eigenvalue weighted by atomic mass is 32.1. The molecule has 0 amide bonds. The van der Waals surface area contributed by atoms with E-state index < -0.39 is 0 Å². The number of thiophene rings is 1. The zero-order chi connectivity index (χ0) is 17.2. The Labute approximate surface area is 149 Å². The first-order valence-corrected chi connectivity index (χ1v) is 9.21. The fourth-order valence-corrected chi connectivity index (χ4v) is 3.19. The smallest absolute Gasteiger partial charge is 0.190 e. The lowest BCUT2D eigenvalue weighted by molar-refractivity contribution is 0.414. The van der Waals surface area contributed by atoms with Gasteiger partial charge in [-0.2, -0.15) is 0 Å². The van der Waals surface area contributed by atoms with E-state index >= 15 is 0 Å². The van der Waals surface area contributed by atoms with Crippen LogP contribution in [0, 0.1) is 0 Å². The summed E-state index contributed by atoms with van der Waals surface area (Å²) in [6.07, 6.45) is 2.08. The molecule has 5 heteroatoms. The van der Waals surface area contributed by atoms with Crippen LogP contribution in [0.15, 0.2) is 46.8 Å². The molecule has 1 atom stereocenters. The molecule has 130 valence electrons. The first kappa shape index (κ1) is 18.3. The van der Waals surface area contributed by atoms with E-state index in [0.29, 0.717) is 5.92 Å². The quantitative estimate of drug-likeness (QED) is 0.567. The van der Waals surface area contributed by atoms with E-state index in [9.17, 15) is 0 Å². The Kier molecular flexibility index (Phi) is 7.62. The molecule has 2 rings (SSSR count). The first-order valence-electron chi connectivity index (χ1n) is 8.33. The lowest BCUT2D eigenvalue weighted by Gasteiger charge is -2.15. The normalized spacial score (nSPS) is 12.7.